The molecule has 0 spiro atoms. The van der Waals surface area contributed by atoms with E-state index in [1.54, 1.807) is 31.2 Å². The molecule has 8 bridgehead atoms. The summed E-state index contributed by atoms with van der Waals surface area (Å²) in [5.74, 6) is 2.90. The van der Waals surface area contributed by atoms with Gasteiger partial charge in [0.2, 0.25) is 0 Å². The Hall–Kier alpha value is -3.43. The quantitative estimate of drug-likeness (QED) is 0.151. The van der Waals surface area contributed by atoms with Crippen LogP contribution in [0.2, 0.25) is 0 Å². The number of carbonyl (C=O) groups is 4. The van der Waals surface area contributed by atoms with Gasteiger partial charge in [-0.25, -0.2) is 9.59 Å². The minimum absolute atomic E-state index is 0. The molecule has 256 valence electrons. The lowest BCUT2D eigenvalue weighted by Crippen LogP contribution is -2.51. The maximum atomic E-state index is 13.3. The molecular weight excluding hydrogens is 634 g/mol. The summed E-state index contributed by atoms with van der Waals surface area (Å²) in [7, 11) is 0. The maximum Gasteiger partial charge on any atom is 0.360 e. The van der Waals surface area contributed by atoms with Crippen LogP contribution in [0.15, 0.2) is 48.5 Å². The molecule has 0 heterocycles. The molecule has 2 aromatic rings. The summed E-state index contributed by atoms with van der Waals surface area (Å²) in [5.41, 5.74) is -0.286. The highest BCUT2D eigenvalue weighted by Crippen LogP contribution is 2.61. The van der Waals surface area contributed by atoms with E-state index in [1.807, 2.05) is 0 Å². The summed E-state index contributed by atoms with van der Waals surface area (Å²) in [4.78, 5) is 62.9. The van der Waals surface area contributed by atoms with Gasteiger partial charge in [0, 0.05) is 5.23 Å². The predicted octanol–water partition coefficient (Wildman–Crippen LogP) is 7.52. The molecule has 0 N–H and O–H groups in total. The molecule has 0 aromatic heterocycles. The molecule has 8 fully saturated rings. The summed E-state index contributed by atoms with van der Waals surface area (Å²) in [5, 5.41) is 0.826. The van der Waals surface area contributed by atoms with Crippen molar-refractivity contribution in [2.45, 2.75) is 84.0 Å². The van der Waals surface area contributed by atoms with Crippen LogP contribution < -0.4 is 9.47 Å². The lowest BCUT2D eigenvalue weighted by atomic mass is 9.49. The first kappa shape index (κ1) is 33.1. The van der Waals surface area contributed by atoms with Crippen molar-refractivity contribution in [1.29, 1.82) is 0 Å². The Morgan fingerprint density at radius 2 is 0.854 bits per heavy atom. The number of hydroxylamine groups is 2. The van der Waals surface area contributed by atoms with Gasteiger partial charge in [-0.3, -0.25) is 9.59 Å². The molecule has 0 saturated heterocycles. The smallest absolute Gasteiger partial charge is 0.360 e. The number of esters is 2. The van der Waals surface area contributed by atoms with Gasteiger partial charge in [-0.05, 0) is 168 Å². The minimum Gasteiger partial charge on any atom is -0.426 e. The van der Waals surface area contributed by atoms with Gasteiger partial charge in [-0.15, -0.1) is 12.4 Å². The molecule has 0 aliphatic heterocycles. The minimum atomic E-state index is -0.717. The molecule has 10 heteroatoms. The van der Waals surface area contributed by atoms with Crippen molar-refractivity contribution in [2.75, 3.05) is 6.54 Å². The first-order valence-electron chi connectivity index (χ1n) is 17.5. The molecule has 10 rings (SSSR count). The number of ether oxygens (including phenoxy) is 2. The largest absolute Gasteiger partial charge is 0.426 e. The molecule has 8 saturated carbocycles. The molecule has 0 atom stereocenters. The van der Waals surface area contributed by atoms with Crippen molar-refractivity contribution in [2.24, 2.45) is 46.3 Å². The highest BCUT2D eigenvalue weighted by Gasteiger charge is 2.57. The number of hydrogen-bond donors (Lipinski definition) is 0. The van der Waals surface area contributed by atoms with Crippen molar-refractivity contribution in [3.05, 3.63) is 59.7 Å². The van der Waals surface area contributed by atoms with E-state index in [4.69, 9.17) is 19.1 Å². The zero-order valence-electron chi connectivity index (χ0n) is 27.4. The van der Waals surface area contributed by atoms with Crippen molar-refractivity contribution in [3.8, 4) is 11.5 Å². The fourth-order valence-electron chi connectivity index (χ4n) is 10.9. The average Bonchev–Trinajstić information content (AvgIpc) is 3.03. The molecular formula is C38H44ClNO8. The third kappa shape index (κ3) is 6.24. The van der Waals surface area contributed by atoms with Gasteiger partial charge in [0.1, 0.15) is 11.5 Å². The number of halogens is 1. The second kappa shape index (κ2) is 12.8. The summed E-state index contributed by atoms with van der Waals surface area (Å²) in [6.45, 7) is 1.78. The Balaban J connectivity index is 0.00000364. The Labute approximate surface area is 287 Å². The molecule has 48 heavy (non-hydrogen) atoms. The average molecular weight is 678 g/mol. The summed E-state index contributed by atoms with van der Waals surface area (Å²) in [6.07, 6.45) is 13.0. The topological polar surface area (TPSA) is 108 Å². The van der Waals surface area contributed by atoms with Crippen LogP contribution >= 0.6 is 12.4 Å². The van der Waals surface area contributed by atoms with Crippen LogP contribution in [0, 0.1) is 46.3 Å². The molecule has 8 aliphatic carbocycles. The van der Waals surface area contributed by atoms with E-state index in [0.29, 0.717) is 47.0 Å². The van der Waals surface area contributed by atoms with Crippen LogP contribution in [0.25, 0.3) is 0 Å². The van der Waals surface area contributed by atoms with Crippen molar-refractivity contribution < 1.29 is 38.3 Å². The number of benzene rings is 2. The van der Waals surface area contributed by atoms with E-state index < -0.39 is 11.9 Å². The van der Waals surface area contributed by atoms with E-state index in [-0.39, 0.29) is 52.8 Å². The van der Waals surface area contributed by atoms with Gasteiger partial charge in [0.25, 0.3) is 0 Å². The van der Waals surface area contributed by atoms with Gasteiger partial charge >= 0.3 is 23.9 Å². The third-order valence-corrected chi connectivity index (χ3v) is 12.2. The van der Waals surface area contributed by atoms with E-state index in [2.05, 4.69) is 0 Å². The lowest BCUT2D eigenvalue weighted by Gasteiger charge is -2.55. The zero-order valence-corrected chi connectivity index (χ0v) is 28.2. The van der Waals surface area contributed by atoms with Crippen LogP contribution in [0.1, 0.15) is 105 Å². The lowest BCUT2D eigenvalue weighted by molar-refractivity contribution is -0.295. The zero-order chi connectivity index (χ0) is 32.3. The van der Waals surface area contributed by atoms with Crippen molar-refractivity contribution in [3.63, 3.8) is 0 Å². The number of nitrogens with zero attached hydrogens (tertiary/aromatic N) is 1. The molecule has 0 amide bonds. The van der Waals surface area contributed by atoms with Crippen LogP contribution in [-0.2, 0) is 19.3 Å². The van der Waals surface area contributed by atoms with Crippen molar-refractivity contribution >= 4 is 36.3 Å². The Kier molecular flexibility index (Phi) is 8.82. The van der Waals surface area contributed by atoms with Crippen LogP contribution in [0.3, 0.4) is 0 Å². The van der Waals surface area contributed by atoms with E-state index in [0.717, 1.165) is 43.8 Å². The monoisotopic (exact) mass is 677 g/mol. The second-order valence-corrected chi connectivity index (χ2v) is 15.6. The normalized spacial score (nSPS) is 33.5. The summed E-state index contributed by atoms with van der Waals surface area (Å²) >= 11 is 0. The molecule has 2 aromatic carbocycles. The second-order valence-electron chi connectivity index (χ2n) is 15.6. The summed E-state index contributed by atoms with van der Waals surface area (Å²) in [6, 6.07) is 12.5. The fraction of sp³-hybridized carbons (Fsp3) is 0.579. The van der Waals surface area contributed by atoms with Crippen LogP contribution in [0.5, 0.6) is 11.5 Å². The Bertz CT molecular complexity index is 1380. The number of carbonyl (C=O) groups excluding carboxylic acids is 4. The van der Waals surface area contributed by atoms with Gasteiger partial charge in [0.05, 0.1) is 28.5 Å². The van der Waals surface area contributed by atoms with Crippen molar-refractivity contribution in [1.82, 2.24) is 5.23 Å². The van der Waals surface area contributed by atoms with E-state index >= 15 is 0 Å². The molecule has 0 unspecified atom stereocenters. The first-order chi connectivity index (χ1) is 22.7. The van der Waals surface area contributed by atoms with Gasteiger partial charge < -0.3 is 19.1 Å². The highest BCUT2D eigenvalue weighted by atomic mass is 35.5. The van der Waals surface area contributed by atoms with Crippen LogP contribution in [0.4, 0.5) is 0 Å². The standard InChI is InChI=1S/C38H43NO8.ClH/c1-2-39(46-33(40)29-3-7-31(8-4-29)44-35(42)37-17-23-11-24(18-37)13-25(12-23)19-37)47-34(41)30-5-9-32(10-6-30)45-36(43)38-20-26-14-27(21-38)16-28(15-26)22-38;/h3-10,23-28H,2,11-22H2,1H3;1H. The fourth-order valence-corrected chi connectivity index (χ4v) is 10.9. The Morgan fingerprint density at radius 1 is 0.562 bits per heavy atom. The molecule has 0 radical (unpaired) electrons. The van der Waals surface area contributed by atoms with E-state index in [9.17, 15) is 19.2 Å². The number of rotatable bonds is 9. The van der Waals surface area contributed by atoms with Gasteiger partial charge in [0.15, 0.2) is 0 Å². The van der Waals surface area contributed by atoms with Crippen LogP contribution in [-0.4, -0.2) is 35.6 Å². The maximum absolute atomic E-state index is 13.3. The highest BCUT2D eigenvalue weighted by molar-refractivity contribution is 5.91. The Morgan fingerprint density at radius 3 is 1.12 bits per heavy atom. The number of hydrogen-bond acceptors (Lipinski definition) is 9. The molecule has 9 nitrogen and oxygen atoms in total. The SMILES string of the molecule is CCN(OC(=O)c1ccc(OC(=O)C23CC4CC(CC(C4)C2)C3)cc1)OC(=O)c1ccc(OC(=O)C23CC4CC(CC(C4)C2)C3)cc1.Cl. The van der Waals surface area contributed by atoms with Gasteiger partial charge in [-0.1, -0.05) is 0 Å². The first-order valence-corrected chi connectivity index (χ1v) is 17.5. The van der Waals surface area contributed by atoms with E-state index in [1.165, 1.54) is 62.8 Å². The molecule has 8 aliphatic rings. The van der Waals surface area contributed by atoms with Gasteiger partial charge in [-0.2, -0.15) is 0 Å². The third-order valence-electron chi connectivity index (χ3n) is 12.2. The summed E-state index contributed by atoms with van der Waals surface area (Å²) < 4.78 is 11.6. The predicted molar refractivity (Wildman–Crippen MR) is 176 cm³/mol.